The molecule has 1 unspecified atom stereocenters. The van der Waals surface area contributed by atoms with E-state index in [2.05, 4.69) is 20.6 Å². The fourth-order valence-corrected chi connectivity index (χ4v) is 5.29. The summed E-state index contributed by atoms with van der Waals surface area (Å²) in [6, 6.07) is 28.6. The topological polar surface area (TPSA) is 105 Å². The molecule has 3 N–H and O–H groups in total. The number of hydrogen-bond acceptors (Lipinski definition) is 5. The van der Waals surface area contributed by atoms with Crippen LogP contribution in [0.15, 0.2) is 104 Å². The zero-order valence-electron chi connectivity index (χ0n) is 24.5. The van der Waals surface area contributed by atoms with Crippen LogP contribution in [0.1, 0.15) is 33.5 Å². The highest BCUT2D eigenvalue weighted by Gasteiger charge is 2.37. The molecule has 0 saturated carbocycles. The standard InChI is InChI=1S/C35H32N6O2/c1-22-8-12-26(13-9-22)35(43,31-20-36-21-41(31)4)27-14-17-30-29(19-27)32(25-7-5-6-24(3)18-25)39-33(38-30)40-34(42)37-28-15-10-23(2)11-16-28/h5-21,43H,1-4H3,(H2,37,38,39,40,42). The molecule has 2 heterocycles. The van der Waals surface area contributed by atoms with Gasteiger partial charge in [-0.15, -0.1) is 0 Å². The average Bonchev–Trinajstić information content (AvgIpc) is 3.44. The molecule has 0 fully saturated rings. The van der Waals surface area contributed by atoms with Gasteiger partial charge in [-0.05, 0) is 62.2 Å². The van der Waals surface area contributed by atoms with E-state index < -0.39 is 11.6 Å². The average molecular weight is 569 g/mol. The lowest BCUT2D eigenvalue weighted by atomic mass is 9.82. The summed E-state index contributed by atoms with van der Waals surface area (Å²) in [7, 11) is 1.86. The Labute approximate surface area is 250 Å². The smallest absolute Gasteiger partial charge is 0.326 e. The molecule has 6 rings (SSSR count). The van der Waals surface area contributed by atoms with Crippen LogP contribution in [-0.4, -0.2) is 30.7 Å². The lowest BCUT2D eigenvalue weighted by Gasteiger charge is -2.30. The Morgan fingerprint density at radius 1 is 0.791 bits per heavy atom. The second-order valence-electron chi connectivity index (χ2n) is 10.9. The van der Waals surface area contributed by atoms with Crippen molar-refractivity contribution in [1.82, 2.24) is 19.5 Å². The Hall–Kier alpha value is -5.34. The minimum absolute atomic E-state index is 0.168. The Bertz CT molecular complexity index is 1950. The third-order valence-corrected chi connectivity index (χ3v) is 7.60. The molecule has 1 atom stereocenters. The predicted molar refractivity (Wildman–Crippen MR) is 170 cm³/mol. The van der Waals surface area contributed by atoms with Crippen LogP contribution in [-0.2, 0) is 12.6 Å². The maximum absolute atomic E-state index is 12.9. The molecule has 0 saturated heterocycles. The van der Waals surface area contributed by atoms with Gasteiger partial charge in [0, 0.05) is 23.7 Å². The quantitative estimate of drug-likeness (QED) is 0.203. The number of hydrogen-bond donors (Lipinski definition) is 3. The van der Waals surface area contributed by atoms with Gasteiger partial charge in [0.1, 0.15) is 0 Å². The number of aryl methyl sites for hydroxylation is 4. The van der Waals surface area contributed by atoms with Gasteiger partial charge in [-0.2, -0.15) is 0 Å². The first-order valence-electron chi connectivity index (χ1n) is 14.0. The normalized spacial score (nSPS) is 12.6. The first kappa shape index (κ1) is 27.8. The van der Waals surface area contributed by atoms with Crippen molar-refractivity contribution in [3.05, 3.63) is 137 Å². The summed E-state index contributed by atoms with van der Waals surface area (Å²) in [6.07, 6.45) is 3.36. The molecular weight excluding hydrogens is 536 g/mol. The van der Waals surface area contributed by atoms with Gasteiger partial charge in [-0.25, -0.2) is 19.7 Å². The fourth-order valence-electron chi connectivity index (χ4n) is 5.29. The largest absolute Gasteiger partial charge is 0.374 e. The van der Waals surface area contributed by atoms with E-state index in [1.54, 1.807) is 12.5 Å². The maximum atomic E-state index is 12.9. The highest BCUT2D eigenvalue weighted by Crippen LogP contribution is 2.39. The number of imidazole rings is 1. The number of fused-ring (bicyclic) bond motifs is 1. The van der Waals surface area contributed by atoms with E-state index in [1.807, 2.05) is 123 Å². The van der Waals surface area contributed by atoms with E-state index in [9.17, 15) is 9.90 Å². The molecule has 6 aromatic rings. The van der Waals surface area contributed by atoms with Gasteiger partial charge < -0.3 is 15.0 Å². The summed E-state index contributed by atoms with van der Waals surface area (Å²) in [4.78, 5) is 26.7. The van der Waals surface area contributed by atoms with E-state index in [1.165, 1.54) is 0 Å². The minimum Gasteiger partial charge on any atom is -0.374 e. The molecule has 0 bridgehead atoms. The molecule has 2 amide bonds. The van der Waals surface area contributed by atoms with E-state index in [0.29, 0.717) is 33.7 Å². The Kier molecular flexibility index (Phi) is 7.21. The van der Waals surface area contributed by atoms with Crippen molar-refractivity contribution >= 4 is 28.6 Å². The number of anilines is 2. The number of nitrogens with zero attached hydrogens (tertiary/aromatic N) is 4. The van der Waals surface area contributed by atoms with Gasteiger partial charge in [0.25, 0.3) is 0 Å². The third kappa shape index (κ3) is 5.48. The number of rotatable bonds is 6. The SMILES string of the molecule is Cc1ccc(NC(=O)Nc2nc(-c3cccc(C)c3)c3cc(C(O)(c4ccc(C)cc4)c4cncn4C)ccc3n2)cc1. The van der Waals surface area contributed by atoms with Crippen molar-refractivity contribution < 1.29 is 9.90 Å². The number of nitrogens with one attached hydrogen (secondary N) is 2. The lowest BCUT2D eigenvalue weighted by Crippen LogP contribution is -2.31. The summed E-state index contributed by atoms with van der Waals surface area (Å²) in [5.41, 5.74) is 6.53. The van der Waals surface area contributed by atoms with Crippen molar-refractivity contribution in [3.63, 3.8) is 0 Å². The molecular formula is C35H32N6O2. The number of carbonyl (C=O) groups excluding carboxylic acids is 1. The van der Waals surface area contributed by atoms with Crippen LogP contribution in [0.2, 0.25) is 0 Å². The van der Waals surface area contributed by atoms with Crippen molar-refractivity contribution in [2.24, 2.45) is 7.05 Å². The summed E-state index contributed by atoms with van der Waals surface area (Å²) in [6.45, 7) is 6.02. The van der Waals surface area contributed by atoms with Crippen molar-refractivity contribution in [3.8, 4) is 11.3 Å². The van der Waals surface area contributed by atoms with Gasteiger partial charge in [-0.1, -0.05) is 77.4 Å². The molecule has 214 valence electrons. The lowest BCUT2D eigenvalue weighted by molar-refractivity contribution is 0.117. The summed E-state index contributed by atoms with van der Waals surface area (Å²) in [5, 5.41) is 18.9. The highest BCUT2D eigenvalue weighted by molar-refractivity contribution is 6.00. The van der Waals surface area contributed by atoms with E-state index in [4.69, 9.17) is 4.98 Å². The van der Waals surface area contributed by atoms with Crippen LogP contribution in [0.25, 0.3) is 22.2 Å². The predicted octanol–water partition coefficient (Wildman–Crippen LogP) is 6.88. The molecule has 0 aliphatic carbocycles. The molecule has 0 radical (unpaired) electrons. The third-order valence-electron chi connectivity index (χ3n) is 7.60. The van der Waals surface area contributed by atoms with E-state index in [0.717, 1.165) is 27.6 Å². The second kappa shape index (κ2) is 11.2. The molecule has 0 spiro atoms. The first-order valence-corrected chi connectivity index (χ1v) is 14.0. The second-order valence-corrected chi connectivity index (χ2v) is 10.9. The Morgan fingerprint density at radius 2 is 1.49 bits per heavy atom. The zero-order valence-corrected chi connectivity index (χ0v) is 24.5. The molecule has 8 nitrogen and oxygen atoms in total. The van der Waals surface area contributed by atoms with Gasteiger partial charge in [0.2, 0.25) is 5.95 Å². The fraction of sp³-hybridized carbons (Fsp3) is 0.143. The van der Waals surface area contributed by atoms with Crippen LogP contribution >= 0.6 is 0 Å². The maximum Gasteiger partial charge on any atom is 0.326 e. The first-order chi connectivity index (χ1) is 20.7. The Balaban J connectivity index is 1.49. The van der Waals surface area contributed by atoms with Gasteiger partial charge >= 0.3 is 6.03 Å². The van der Waals surface area contributed by atoms with Gasteiger partial charge in [0.05, 0.1) is 29.4 Å². The van der Waals surface area contributed by atoms with E-state index >= 15 is 0 Å². The molecule has 43 heavy (non-hydrogen) atoms. The number of amides is 2. The van der Waals surface area contributed by atoms with Crippen LogP contribution < -0.4 is 10.6 Å². The number of aromatic nitrogens is 4. The summed E-state index contributed by atoms with van der Waals surface area (Å²) < 4.78 is 1.82. The van der Waals surface area contributed by atoms with Crippen LogP contribution in [0.5, 0.6) is 0 Å². The summed E-state index contributed by atoms with van der Waals surface area (Å²) >= 11 is 0. The zero-order chi connectivity index (χ0) is 30.1. The van der Waals surface area contributed by atoms with Gasteiger partial charge in [-0.3, -0.25) is 5.32 Å². The van der Waals surface area contributed by atoms with Crippen LogP contribution in [0.3, 0.4) is 0 Å². The summed E-state index contributed by atoms with van der Waals surface area (Å²) in [5.74, 6) is 0.168. The van der Waals surface area contributed by atoms with E-state index in [-0.39, 0.29) is 5.95 Å². The number of urea groups is 1. The molecule has 8 heteroatoms. The Morgan fingerprint density at radius 3 is 2.16 bits per heavy atom. The number of benzene rings is 4. The molecule has 4 aromatic carbocycles. The highest BCUT2D eigenvalue weighted by atomic mass is 16.3. The van der Waals surface area contributed by atoms with Crippen molar-refractivity contribution in [2.45, 2.75) is 26.4 Å². The van der Waals surface area contributed by atoms with Crippen LogP contribution in [0, 0.1) is 20.8 Å². The monoisotopic (exact) mass is 568 g/mol. The number of carbonyl (C=O) groups is 1. The van der Waals surface area contributed by atoms with Crippen molar-refractivity contribution in [2.75, 3.05) is 10.6 Å². The van der Waals surface area contributed by atoms with Crippen molar-refractivity contribution in [1.29, 1.82) is 0 Å². The number of aliphatic hydroxyl groups is 1. The molecule has 2 aromatic heterocycles. The van der Waals surface area contributed by atoms with Crippen LogP contribution in [0.4, 0.5) is 16.4 Å². The van der Waals surface area contributed by atoms with Gasteiger partial charge in [0.15, 0.2) is 5.60 Å². The minimum atomic E-state index is -1.50. The molecule has 0 aliphatic heterocycles. The molecule has 0 aliphatic rings.